The summed E-state index contributed by atoms with van der Waals surface area (Å²) in [4.78, 5) is 22.5. The van der Waals surface area contributed by atoms with E-state index in [9.17, 15) is 9.59 Å². The van der Waals surface area contributed by atoms with Crippen LogP contribution in [0.4, 0.5) is 5.69 Å². The van der Waals surface area contributed by atoms with Gasteiger partial charge in [-0.05, 0) is 30.3 Å². The summed E-state index contributed by atoms with van der Waals surface area (Å²) in [6, 6.07) is 8.71. The molecule has 0 aliphatic rings. The Morgan fingerprint density at radius 2 is 1.95 bits per heavy atom. The highest BCUT2D eigenvalue weighted by molar-refractivity contribution is 6.34. The van der Waals surface area contributed by atoms with E-state index in [0.717, 1.165) is 0 Å². The number of hydrogen-bond acceptors (Lipinski definition) is 4. The lowest BCUT2D eigenvalue weighted by atomic mass is 10.2. The minimum Gasteiger partial charge on any atom is -0.475 e. The van der Waals surface area contributed by atoms with Crippen LogP contribution in [-0.2, 0) is 0 Å². The first-order chi connectivity index (χ1) is 9.51. The number of amides is 1. The van der Waals surface area contributed by atoms with Crippen LogP contribution in [0.3, 0.4) is 0 Å². The van der Waals surface area contributed by atoms with Gasteiger partial charge < -0.3 is 14.8 Å². The molecule has 2 rings (SSSR count). The van der Waals surface area contributed by atoms with Gasteiger partial charge in [0.1, 0.15) is 0 Å². The van der Waals surface area contributed by atoms with E-state index in [4.69, 9.17) is 26.4 Å². The van der Waals surface area contributed by atoms with Crippen molar-refractivity contribution in [2.24, 2.45) is 0 Å². The quantitative estimate of drug-likeness (QED) is 0.904. The zero-order valence-corrected chi connectivity index (χ0v) is 10.6. The highest BCUT2D eigenvalue weighted by atomic mass is 35.5. The zero-order valence-electron chi connectivity index (χ0n) is 9.88. The Kier molecular flexibility index (Phi) is 3.73. The van der Waals surface area contributed by atoms with Gasteiger partial charge in [-0.25, -0.2) is 4.79 Å². The van der Waals surface area contributed by atoms with Gasteiger partial charge in [0.25, 0.3) is 5.91 Å². The number of nitrogens with zero attached hydrogens (tertiary/aromatic N) is 1. The molecule has 0 saturated carbocycles. The number of carbonyl (C=O) groups excluding carboxylic acids is 1. The van der Waals surface area contributed by atoms with Crippen LogP contribution >= 0.6 is 11.6 Å². The molecule has 0 aliphatic heterocycles. The van der Waals surface area contributed by atoms with Crippen LogP contribution < -0.4 is 5.32 Å². The maximum absolute atomic E-state index is 11.8. The van der Waals surface area contributed by atoms with Gasteiger partial charge in [0, 0.05) is 0 Å². The molecular weight excluding hydrogens is 284 g/mol. The molecule has 20 heavy (non-hydrogen) atoms. The molecule has 0 atom stereocenters. The fourth-order valence-electron chi connectivity index (χ4n) is 1.44. The maximum atomic E-state index is 11.8. The monoisotopic (exact) mass is 290 g/mol. The number of halogens is 1. The van der Waals surface area contributed by atoms with Crippen LogP contribution in [0, 0.1) is 11.3 Å². The number of anilines is 1. The molecule has 1 heterocycles. The fourth-order valence-corrected chi connectivity index (χ4v) is 1.67. The predicted octanol–water partition coefficient (Wildman–Crippen LogP) is 2.76. The van der Waals surface area contributed by atoms with Crippen molar-refractivity contribution in [1.29, 1.82) is 5.26 Å². The van der Waals surface area contributed by atoms with E-state index in [-0.39, 0.29) is 16.5 Å². The zero-order chi connectivity index (χ0) is 14.7. The van der Waals surface area contributed by atoms with Gasteiger partial charge in [-0.2, -0.15) is 5.26 Å². The molecule has 2 N–H and O–H groups in total. The molecule has 0 saturated heterocycles. The van der Waals surface area contributed by atoms with E-state index in [2.05, 4.69) is 5.32 Å². The van der Waals surface area contributed by atoms with Crippen molar-refractivity contribution >= 4 is 29.2 Å². The lowest BCUT2D eigenvalue weighted by molar-refractivity contribution is 0.0660. The lowest BCUT2D eigenvalue weighted by Crippen LogP contribution is -2.11. The minimum absolute atomic E-state index is 0.150. The smallest absolute Gasteiger partial charge is 0.371 e. The van der Waals surface area contributed by atoms with Gasteiger partial charge in [0.15, 0.2) is 5.76 Å². The molecule has 0 spiro atoms. The van der Waals surface area contributed by atoms with Gasteiger partial charge >= 0.3 is 5.97 Å². The second-order valence-corrected chi connectivity index (χ2v) is 4.14. The number of furan rings is 1. The second kappa shape index (κ2) is 5.47. The molecule has 1 aromatic heterocycles. The Hall–Kier alpha value is -2.78. The molecule has 6 nitrogen and oxygen atoms in total. The average Bonchev–Trinajstić information content (AvgIpc) is 2.91. The van der Waals surface area contributed by atoms with Crippen LogP contribution in [0.25, 0.3) is 0 Å². The standard InChI is InChI=1S/C13H7ClN2O4/c14-8-5-7(6-15)1-2-9(8)16-12(17)10-3-4-11(20-10)13(18)19/h1-5H,(H,16,17)(H,18,19). The van der Waals surface area contributed by atoms with Crippen LogP contribution in [0.1, 0.15) is 26.7 Å². The molecule has 1 amide bonds. The van der Waals surface area contributed by atoms with Crippen molar-refractivity contribution in [2.45, 2.75) is 0 Å². The van der Waals surface area contributed by atoms with Crippen molar-refractivity contribution in [3.8, 4) is 6.07 Å². The van der Waals surface area contributed by atoms with E-state index < -0.39 is 11.9 Å². The largest absolute Gasteiger partial charge is 0.475 e. The predicted molar refractivity (Wildman–Crippen MR) is 69.8 cm³/mol. The molecule has 0 fully saturated rings. The SMILES string of the molecule is N#Cc1ccc(NC(=O)c2ccc(C(=O)O)o2)c(Cl)c1. The molecule has 1 aromatic carbocycles. The highest BCUT2D eigenvalue weighted by Gasteiger charge is 2.16. The Labute approximate surface area is 118 Å². The van der Waals surface area contributed by atoms with Crippen molar-refractivity contribution in [3.63, 3.8) is 0 Å². The Bertz CT molecular complexity index is 730. The summed E-state index contributed by atoms with van der Waals surface area (Å²) in [6.45, 7) is 0. The normalized spacial score (nSPS) is 9.80. The topological polar surface area (TPSA) is 103 Å². The van der Waals surface area contributed by atoms with Gasteiger partial charge in [0.2, 0.25) is 5.76 Å². The van der Waals surface area contributed by atoms with Crippen LogP contribution in [0.5, 0.6) is 0 Å². The first-order valence-corrected chi connectivity index (χ1v) is 5.73. The number of aromatic carboxylic acids is 1. The summed E-state index contributed by atoms with van der Waals surface area (Å²) in [7, 11) is 0. The third-order valence-corrected chi connectivity index (χ3v) is 2.70. The maximum Gasteiger partial charge on any atom is 0.371 e. The molecule has 0 aliphatic carbocycles. The molecule has 100 valence electrons. The molecule has 0 unspecified atom stereocenters. The third-order valence-electron chi connectivity index (χ3n) is 2.39. The highest BCUT2D eigenvalue weighted by Crippen LogP contribution is 2.23. The summed E-state index contributed by atoms with van der Waals surface area (Å²) in [5.41, 5.74) is 0.656. The molecule has 7 heteroatoms. The number of hydrogen-bond donors (Lipinski definition) is 2. The van der Waals surface area contributed by atoms with E-state index >= 15 is 0 Å². The van der Waals surface area contributed by atoms with Crippen LogP contribution in [0.2, 0.25) is 5.02 Å². The Balaban J connectivity index is 2.19. The Morgan fingerprint density at radius 1 is 1.25 bits per heavy atom. The number of rotatable bonds is 3. The van der Waals surface area contributed by atoms with E-state index in [1.54, 1.807) is 0 Å². The summed E-state index contributed by atoms with van der Waals surface area (Å²) in [5.74, 6) is -2.38. The fraction of sp³-hybridized carbons (Fsp3) is 0. The first-order valence-electron chi connectivity index (χ1n) is 5.35. The number of benzene rings is 1. The van der Waals surface area contributed by atoms with E-state index in [1.165, 1.54) is 30.3 Å². The molecule has 0 radical (unpaired) electrons. The second-order valence-electron chi connectivity index (χ2n) is 3.73. The number of nitrogens with one attached hydrogen (secondary N) is 1. The van der Waals surface area contributed by atoms with Gasteiger partial charge in [-0.1, -0.05) is 11.6 Å². The molecular formula is C13H7ClN2O4. The van der Waals surface area contributed by atoms with E-state index in [0.29, 0.717) is 11.3 Å². The first kappa shape index (κ1) is 13.6. The summed E-state index contributed by atoms with van der Waals surface area (Å²) >= 11 is 5.90. The van der Waals surface area contributed by atoms with Crippen LogP contribution in [0.15, 0.2) is 34.7 Å². The van der Waals surface area contributed by atoms with Crippen molar-refractivity contribution < 1.29 is 19.1 Å². The van der Waals surface area contributed by atoms with E-state index in [1.807, 2.05) is 6.07 Å². The summed E-state index contributed by atoms with van der Waals surface area (Å²) in [5, 5.41) is 20.1. The van der Waals surface area contributed by atoms with Crippen molar-refractivity contribution in [1.82, 2.24) is 0 Å². The summed E-state index contributed by atoms with van der Waals surface area (Å²) in [6.07, 6.45) is 0. The minimum atomic E-state index is -1.26. The number of carboxylic acids is 1. The van der Waals surface area contributed by atoms with Crippen molar-refractivity contribution in [3.05, 3.63) is 52.4 Å². The summed E-state index contributed by atoms with van der Waals surface area (Å²) < 4.78 is 4.86. The number of carbonyl (C=O) groups is 2. The number of carboxylic acid groups (broad SMARTS) is 1. The van der Waals surface area contributed by atoms with Crippen molar-refractivity contribution in [2.75, 3.05) is 5.32 Å². The average molecular weight is 291 g/mol. The third kappa shape index (κ3) is 2.79. The van der Waals surface area contributed by atoms with Gasteiger partial charge in [-0.15, -0.1) is 0 Å². The number of nitriles is 1. The van der Waals surface area contributed by atoms with Gasteiger partial charge in [0.05, 0.1) is 22.3 Å². The lowest BCUT2D eigenvalue weighted by Gasteiger charge is -2.05. The molecule has 2 aromatic rings. The van der Waals surface area contributed by atoms with Gasteiger partial charge in [-0.3, -0.25) is 4.79 Å². The molecule has 0 bridgehead atoms. The van der Waals surface area contributed by atoms with Crippen LogP contribution in [-0.4, -0.2) is 17.0 Å². The Morgan fingerprint density at radius 3 is 2.50 bits per heavy atom.